The molecule has 3 nitrogen and oxygen atoms in total. The predicted molar refractivity (Wildman–Crippen MR) is 185 cm³/mol. The molecule has 0 saturated carbocycles. The summed E-state index contributed by atoms with van der Waals surface area (Å²) in [6.07, 6.45) is 0.602. The number of hydrogen-bond acceptors (Lipinski definition) is 3. The molecule has 0 saturated heterocycles. The molecule has 0 heterocycles. The first-order chi connectivity index (χ1) is 22.1. The summed E-state index contributed by atoms with van der Waals surface area (Å²) in [5, 5.41) is 16.6. The van der Waals surface area contributed by atoms with Crippen molar-refractivity contribution in [2.24, 2.45) is 0 Å². The van der Waals surface area contributed by atoms with Crippen LogP contribution in [0.15, 0.2) is 121 Å². The van der Waals surface area contributed by atoms with Crippen molar-refractivity contribution >= 4 is 38.0 Å². The molecule has 0 amide bonds. The Balaban J connectivity index is 1.49. The van der Waals surface area contributed by atoms with Crippen LogP contribution in [0.4, 0.5) is 5.69 Å². The van der Waals surface area contributed by atoms with E-state index in [-0.39, 0.29) is 12.5 Å². The summed E-state index contributed by atoms with van der Waals surface area (Å²) in [6.45, 7) is 2.81. The zero-order valence-electron chi connectivity index (χ0n) is 25.2. The third-order valence-electron chi connectivity index (χ3n) is 10.3. The lowest BCUT2D eigenvalue weighted by Crippen LogP contribution is -2.43. The molecular weight excluding hydrogens is 550 g/mol. The topological polar surface area (TPSA) is 55.5 Å². The number of aryl methyl sites for hydroxylation is 1. The molecule has 0 unspecified atom stereocenters. The van der Waals surface area contributed by atoms with Crippen LogP contribution in [-0.2, 0) is 5.41 Å². The quantitative estimate of drug-likeness (QED) is 0.121. The molecule has 218 valence electrons. The Morgan fingerprint density at radius 2 is 1.33 bits per heavy atom. The van der Waals surface area contributed by atoms with Gasteiger partial charge in [0.25, 0.3) is 0 Å². The minimum Gasteiger partial charge on any atom is -0.493 e. The standard InChI is InChI=1S/C42H33NO2/c1-25-11-20-37(41-30(25)18-15-27-13-12-26-14-17-29(45-22-6-21-44)24-34(26)39(27)41)42-35-9-4-2-7-31(35)40(32-8-3-5-10-36(32)42)33-19-16-28(43)23-38(33)42/h2-5,7-20,23-24,40,44H,6,21-22,43H2,1H3. The van der Waals surface area contributed by atoms with Crippen molar-refractivity contribution in [1.29, 1.82) is 0 Å². The van der Waals surface area contributed by atoms with E-state index in [1.807, 2.05) is 6.07 Å². The monoisotopic (exact) mass is 583 g/mol. The minimum absolute atomic E-state index is 0.113. The Kier molecular flexibility index (Phi) is 5.66. The molecular formula is C42H33NO2. The number of anilines is 1. The van der Waals surface area contributed by atoms with Crippen LogP contribution < -0.4 is 10.5 Å². The Labute approximate surface area is 262 Å². The molecule has 0 atom stereocenters. The second-order valence-electron chi connectivity index (χ2n) is 12.6. The summed E-state index contributed by atoms with van der Waals surface area (Å²) in [5.41, 5.74) is 17.4. The van der Waals surface area contributed by atoms with Crippen LogP contribution >= 0.6 is 0 Å². The van der Waals surface area contributed by atoms with Gasteiger partial charge in [0.05, 0.1) is 12.0 Å². The number of aliphatic hydroxyl groups is 1. The van der Waals surface area contributed by atoms with E-state index < -0.39 is 5.41 Å². The van der Waals surface area contributed by atoms with E-state index in [0.717, 1.165) is 11.4 Å². The maximum absolute atomic E-state index is 9.35. The van der Waals surface area contributed by atoms with Gasteiger partial charge >= 0.3 is 0 Å². The molecule has 3 heteroatoms. The number of aliphatic hydroxyl groups excluding tert-OH is 1. The van der Waals surface area contributed by atoms with Gasteiger partial charge in [-0.2, -0.15) is 0 Å². The first kappa shape index (κ1) is 26.3. The summed E-state index contributed by atoms with van der Waals surface area (Å²) < 4.78 is 6.11. The zero-order chi connectivity index (χ0) is 30.3. The number of nitrogen functional groups attached to an aromatic ring is 1. The van der Waals surface area contributed by atoms with E-state index in [4.69, 9.17) is 10.5 Å². The van der Waals surface area contributed by atoms with Gasteiger partial charge in [0.1, 0.15) is 5.75 Å². The first-order valence-corrected chi connectivity index (χ1v) is 15.8. The third-order valence-corrected chi connectivity index (χ3v) is 10.3. The van der Waals surface area contributed by atoms with Crippen molar-refractivity contribution in [2.45, 2.75) is 24.7 Å². The molecule has 0 spiro atoms. The summed E-state index contributed by atoms with van der Waals surface area (Å²) in [5.74, 6) is 0.989. The Hall–Kier alpha value is -5.12. The molecule has 2 bridgehead atoms. The summed E-state index contributed by atoms with van der Waals surface area (Å²) in [6, 6.07) is 44.7. The van der Waals surface area contributed by atoms with E-state index in [1.54, 1.807) is 0 Å². The third kappa shape index (κ3) is 3.50. The van der Waals surface area contributed by atoms with E-state index >= 15 is 0 Å². The van der Waals surface area contributed by atoms with Crippen LogP contribution in [-0.4, -0.2) is 18.3 Å². The second-order valence-corrected chi connectivity index (χ2v) is 12.6. The second kappa shape index (κ2) is 9.69. The normalized spacial score (nSPS) is 17.8. The van der Waals surface area contributed by atoms with Crippen molar-refractivity contribution in [3.05, 3.63) is 166 Å². The van der Waals surface area contributed by atoms with Gasteiger partial charge in [-0.1, -0.05) is 97.1 Å². The highest BCUT2D eigenvalue weighted by molar-refractivity contribution is 6.22. The lowest BCUT2D eigenvalue weighted by atomic mass is 9.50. The van der Waals surface area contributed by atoms with Crippen molar-refractivity contribution in [3.63, 3.8) is 0 Å². The van der Waals surface area contributed by atoms with Crippen molar-refractivity contribution in [2.75, 3.05) is 18.9 Å². The van der Waals surface area contributed by atoms with Gasteiger partial charge in [0, 0.05) is 24.6 Å². The fourth-order valence-electron chi connectivity index (χ4n) is 8.48. The van der Waals surface area contributed by atoms with Gasteiger partial charge in [0.2, 0.25) is 0 Å². The van der Waals surface area contributed by atoms with E-state index in [1.165, 1.54) is 76.8 Å². The molecule has 0 aromatic heterocycles. The lowest BCUT2D eigenvalue weighted by Gasteiger charge is -2.51. The molecule has 3 aliphatic carbocycles. The molecule has 0 radical (unpaired) electrons. The lowest BCUT2D eigenvalue weighted by molar-refractivity contribution is 0.234. The molecule has 7 aromatic rings. The summed E-state index contributed by atoms with van der Waals surface area (Å²) >= 11 is 0. The molecule has 0 fully saturated rings. The average Bonchev–Trinajstić information content (AvgIpc) is 3.08. The van der Waals surface area contributed by atoms with Gasteiger partial charge in [-0.05, 0) is 108 Å². The highest BCUT2D eigenvalue weighted by atomic mass is 16.5. The SMILES string of the molecule is Cc1ccc(C23c4ccccc4C(c4ccccc42)c2ccc(N)cc23)c2c1ccc1ccc3ccc(OCCCO)cc3c12. The van der Waals surface area contributed by atoms with E-state index in [0.29, 0.717) is 13.0 Å². The summed E-state index contributed by atoms with van der Waals surface area (Å²) in [7, 11) is 0. The van der Waals surface area contributed by atoms with Crippen LogP contribution in [0.5, 0.6) is 5.75 Å². The van der Waals surface area contributed by atoms with Crippen molar-refractivity contribution in [1.82, 2.24) is 0 Å². The molecule has 7 aromatic carbocycles. The Morgan fingerprint density at radius 1 is 0.644 bits per heavy atom. The first-order valence-electron chi connectivity index (χ1n) is 15.8. The minimum atomic E-state index is -0.551. The fourth-order valence-corrected chi connectivity index (χ4v) is 8.48. The van der Waals surface area contributed by atoms with Crippen LogP contribution in [0.3, 0.4) is 0 Å². The van der Waals surface area contributed by atoms with E-state index in [2.05, 4.69) is 122 Å². The Morgan fingerprint density at radius 3 is 2.11 bits per heavy atom. The molecule has 45 heavy (non-hydrogen) atoms. The number of benzene rings is 7. The smallest absolute Gasteiger partial charge is 0.119 e. The number of hydrogen-bond donors (Lipinski definition) is 2. The van der Waals surface area contributed by atoms with Gasteiger partial charge in [-0.3, -0.25) is 0 Å². The van der Waals surface area contributed by atoms with Gasteiger partial charge in [-0.15, -0.1) is 0 Å². The van der Waals surface area contributed by atoms with E-state index in [9.17, 15) is 5.11 Å². The average molecular weight is 584 g/mol. The fraction of sp³-hybridized carbons (Fsp3) is 0.143. The van der Waals surface area contributed by atoms with Crippen LogP contribution in [0.25, 0.3) is 32.3 Å². The molecule has 0 aliphatic heterocycles. The molecule has 3 aliphatic rings. The molecule has 10 rings (SSSR count). The summed E-state index contributed by atoms with van der Waals surface area (Å²) in [4.78, 5) is 0. The van der Waals surface area contributed by atoms with Gasteiger partial charge < -0.3 is 15.6 Å². The molecule has 3 N–H and O–H groups in total. The highest BCUT2D eigenvalue weighted by Gasteiger charge is 2.53. The number of nitrogens with two attached hydrogens (primary N) is 1. The number of rotatable bonds is 5. The van der Waals surface area contributed by atoms with Crippen LogP contribution in [0.1, 0.15) is 56.8 Å². The maximum atomic E-state index is 9.35. The zero-order valence-corrected chi connectivity index (χ0v) is 25.2. The van der Waals surface area contributed by atoms with Crippen molar-refractivity contribution < 1.29 is 9.84 Å². The number of ether oxygens (including phenoxy) is 1. The van der Waals surface area contributed by atoms with Crippen molar-refractivity contribution in [3.8, 4) is 5.75 Å². The Bertz CT molecular complexity index is 2290. The van der Waals surface area contributed by atoms with Gasteiger partial charge in [0.15, 0.2) is 0 Å². The predicted octanol–water partition coefficient (Wildman–Crippen LogP) is 8.99. The maximum Gasteiger partial charge on any atom is 0.119 e. The largest absolute Gasteiger partial charge is 0.493 e. The number of fused-ring (bicyclic) bond motifs is 5. The van der Waals surface area contributed by atoms with Gasteiger partial charge in [-0.25, -0.2) is 0 Å². The highest BCUT2D eigenvalue weighted by Crippen LogP contribution is 2.63. The van der Waals surface area contributed by atoms with Crippen LogP contribution in [0.2, 0.25) is 0 Å². The van der Waals surface area contributed by atoms with Crippen LogP contribution in [0, 0.1) is 6.92 Å².